The van der Waals surface area contributed by atoms with Crippen LogP contribution in [0.5, 0.6) is 0 Å². The van der Waals surface area contributed by atoms with Crippen LogP contribution in [0.15, 0.2) is 60.7 Å². The summed E-state index contributed by atoms with van der Waals surface area (Å²) in [6.07, 6.45) is 1.92. The lowest BCUT2D eigenvalue weighted by molar-refractivity contribution is -0.0345. The predicted molar refractivity (Wildman–Crippen MR) is 98.5 cm³/mol. The molecule has 2 aromatic rings. The molecule has 3 rings (SSSR count). The lowest BCUT2D eigenvalue weighted by atomic mass is 10.1. The van der Waals surface area contributed by atoms with Crippen molar-refractivity contribution in [3.05, 3.63) is 71.8 Å². The van der Waals surface area contributed by atoms with Crippen LogP contribution < -0.4 is 0 Å². The SMILES string of the molecule is O=S(O)C1(C[C@H](COCc2ccccc2)OCc2ccccc2)CC1. The third-order valence-electron chi connectivity index (χ3n) is 4.52. The van der Waals surface area contributed by atoms with Crippen LogP contribution in [-0.2, 0) is 33.8 Å². The van der Waals surface area contributed by atoms with Gasteiger partial charge < -0.3 is 14.0 Å². The Hall–Kier alpha value is -1.53. The molecule has 0 saturated heterocycles. The van der Waals surface area contributed by atoms with Crippen LogP contribution in [-0.4, -0.2) is 26.2 Å². The molecule has 0 aliphatic heterocycles. The molecule has 4 nitrogen and oxygen atoms in total. The first kappa shape index (κ1) is 18.3. The third-order valence-corrected chi connectivity index (χ3v) is 5.84. The summed E-state index contributed by atoms with van der Waals surface area (Å²) >= 11 is -1.81. The quantitative estimate of drug-likeness (QED) is 0.652. The Balaban J connectivity index is 1.55. The van der Waals surface area contributed by atoms with Crippen molar-refractivity contribution in [1.82, 2.24) is 0 Å². The van der Waals surface area contributed by atoms with Gasteiger partial charge in [0.25, 0.3) is 0 Å². The normalized spacial score (nSPS) is 17.8. The van der Waals surface area contributed by atoms with Crippen molar-refractivity contribution < 1.29 is 18.2 Å². The van der Waals surface area contributed by atoms with Gasteiger partial charge in [0.2, 0.25) is 0 Å². The number of benzene rings is 2. The van der Waals surface area contributed by atoms with E-state index in [9.17, 15) is 8.76 Å². The zero-order chi connectivity index (χ0) is 17.5. The summed E-state index contributed by atoms with van der Waals surface area (Å²) in [5.74, 6) is 0. The predicted octanol–water partition coefficient (Wildman–Crippen LogP) is 3.93. The second-order valence-corrected chi connectivity index (χ2v) is 7.92. The highest BCUT2D eigenvalue weighted by atomic mass is 32.2. The highest BCUT2D eigenvalue weighted by molar-refractivity contribution is 7.81. The van der Waals surface area contributed by atoms with Crippen LogP contribution in [0.25, 0.3) is 0 Å². The monoisotopic (exact) mass is 360 g/mol. The molecule has 0 amide bonds. The molecule has 1 unspecified atom stereocenters. The zero-order valence-electron chi connectivity index (χ0n) is 14.2. The number of rotatable bonds is 10. The molecule has 1 N–H and O–H groups in total. The van der Waals surface area contributed by atoms with Crippen LogP contribution in [0.3, 0.4) is 0 Å². The molecule has 0 heterocycles. The lowest BCUT2D eigenvalue weighted by Crippen LogP contribution is -2.29. The van der Waals surface area contributed by atoms with Crippen LogP contribution in [0.1, 0.15) is 30.4 Å². The summed E-state index contributed by atoms with van der Waals surface area (Å²) in [6, 6.07) is 19.9. The van der Waals surface area contributed by atoms with Gasteiger partial charge >= 0.3 is 0 Å². The topological polar surface area (TPSA) is 55.8 Å². The van der Waals surface area contributed by atoms with Crippen molar-refractivity contribution in [2.75, 3.05) is 6.61 Å². The molecule has 1 fully saturated rings. The fourth-order valence-corrected chi connectivity index (χ4v) is 3.62. The van der Waals surface area contributed by atoms with Crippen LogP contribution >= 0.6 is 0 Å². The molecule has 1 saturated carbocycles. The second kappa shape index (κ2) is 8.72. The summed E-state index contributed by atoms with van der Waals surface area (Å²) in [5, 5.41) is 0. The first-order chi connectivity index (χ1) is 12.2. The first-order valence-corrected chi connectivity index (χ1v) is 9.67. The summed E-state index contributed by atoms with van der Waals surface area (Å²) in [6.45, 7) is 1.41. The summed E-state index contributed by atoms with van der Waals surface area (Å²) in [7, 11) is 0. The van der Waals surface area contributed by atoms with E-state index in [4.69, 9.17) is 9.47 Å². The van der Waals surface area contributed by atoms with Gasteiger partial charge in [-0.2, -0.15) is 0 Å². The first-order valence-electron chi connectivity index (χ1n) is 8.56. The minimum Gasteiger partial charge on any atom is -0.374 e. The number of ether oxygens (including phenoxy) is 2. The van der Waals surface area contributed by atoms with Gasteiger partial charge in [-0.1, -0.05) is 60.7 Å². The van der Waals surface area contributed by atoms with E-state index in [1.54, 1.807) is 0 Å². The molecular formula is C20H24O4S. The molecule has 5 heteroatoms. The molecule has 2 atom stereocenters. The van der Waals surface area contributed by atoms with E-state index in [1.165, 1.54) is 0 Å². The molecule has 1 aliphatic carbocycles. The zero-order valence-corrected chi connectivity index (χ0v) is 15.0. The van der Waals surface area contributed by atoms with E-state index in [-0.39, 0.29) is 6.10 Å². The minimum absolute atomic E-state index is 0.192. The summed E-state index contributed by atoms with van der Waals surface area (Å²) in [4.78, 5) is 0. The van der Waals surface area contributed by atoms with E-state index >= 15 is 0 Å². The van der Waals surface area contributed by atoms with Crippen molar-refractivity contribution in [3.8, 4) is 0 Å². The van der Waals surface area contributed by atoms with Gasteiger partial charge in [0.1, 0.15) is 0 Å². The molecule has 0 radical (unpaired) electrons. The van der Waals surface area contributed by atoms with Crippen LogP contribution in [0.4, 0.5) is 0 Å². The Labute approximate surface area is 151 Å². The minimum atomic E-state index is -1.81. The fraction of sp³-hybridized carbons (Fsp3) is 0.400. The van der Waals surface area contributed by atoms with Gasteiger partial charge in [0.15, 0.2) is 11.1 Å². The van der Waals surface area contributed by atoms with Crippen molar-refractivity contribution in [3.63, 3.8) is 0 Å². The summed E-state index contributed by atoms with van der Waals surface area (Å²) in [5.41, 5.74) is 2.20. The maximum Gasteiger partial charge on any atom is 0.159 e. The van der Waals surface area contributed by atoms with Gasteiger partial charge in [-0.15, -0.1) is 0 Å². The Morgan fingerprint density at radius 3 is 2.04 bits per heavy atom. The van der Waals surface area contributed by atoms with Gasteiger partial charge in [-0.3, -0.25) is 0 Å². The van der Waals surface area contributed by atoms with Gasteiger partial charge in [0.05, 0.1) is 30.7 Å². The van der Waals surface area contributed by atoms with Crippen LogP contribution in [0.2, 0.25) is 0 Å². The Kier molecular flexibility index (Phi) is 6.37. The number of hydrogen-bond acceptors (Lipinski definition) is 3. The smallest absolute Gasteiger partial charge is 0.159 e. The fourth-order valence-electron chi connectivity index (χ4n) is 2.84. The van der Waals surface area contributed by atoms with Crippen molar-refractivity contribution in [2.24, 2.45) is 0 Å². The van der Waals surface area contributed by atoms with Gasteiger partial charge in [0, 0.05) is 0 Å². The van der Waals surface area contributed by atoms with Crippen molar-refractivity contribution in [2.45, 2.75) is 43.3 Å². The molecule has 1 aliphatic rings. The van der Waals surface area contributed by atoms with E-state index < -0.39 is 15.8 Å². The van der Waals surface area contributed by atoms with E-state index in [0.717, 1.165) is 24.0 Å². The van der Waals surface area contributed by atoms with E-state index in [1.807, 2.05) is 60.7 Å². The van der Waals surface area contributed by atoms with Crippen molar-refractivity contribution in [1.29, 1.82) is 0 Å². The molecule has 0 bridgehead atoms. The molecule has 0 spiro atoms. The molecule has 25 heavy (non-hydrogen) atoms. The maximum absolute atomic E-state index is 11.6. The Bertz CT molecular complexity index is 671. The summed E-state index contributed by atoms with van der Waals surface area (Å²) < 4.78 is 32.5. The van der Waals surface area contributed by atoms with E-state index in [2.05, 4.69) is 0 Å². The van der Waals surface area contributed by atoms with Crippen molar-refractivity contribution >= 4 is 11.1 Å². The molecule has 2 aromatic carbocycles. The number of hydrogen-bond donors (Lipinski definition) is 1. The Morgan fingerprint density at radius 2 is 1.52 bits per heavy atom. The average Bonchev–Trinajstić information content (AvgIpc) is 3.42. The average molecular weight is 360 g/mol. The molecular weight excluding hydrogens is 336 g/mol. The van der Waals surface area contributed by atoms with Gasteiger partial charge in [-0.25, -0.2) is 4.21 Å². The largest absolute Gasteiger partial charge is 0.374 e. The van der Waals surface area contributed by atoms with Crippen LogP contribution in [0, 0.1) is 0 Å². The van der Waals surface area contributed by atoms with Gasteiger partial charge in [-0.05, 0) is 30.4 Å². The Morgan fingerprint density at radius 1 is 0.960 bits per heavy atom. The molecule has 0 aromatic heterocycles. The standard InChI is InChI=1S/C20H24O4S/c21-25(22)20(11-12-20)13-19(24-15-18-9-5-2-6-10-18)16-23-14-17-7-3-1-4-8-17/h1-10,19H,11-16H2,(H,21,22)/t19-/m1/s1. The second-order valence-electron chi connectivity index (χ2n) is 6.56. The highest BCUT2D eigenvalue weighted by Gasteiger charge is 2.50. The lowest BCUT2D eigenvalue weighted by Gasteiger charge is -2.22. The maximum atomic E-state index is 11.6. The highest BCUT2D eigenvalue weighted by Crippen LogP contribution is 2.45. The molecule has 134 valence electrons. The van der Waals surface area contributed by atoms with E-state index in [0.29, 0.717) is 26.2 Å². The third kappa shape index (κ3) is 5.47.